The van der Waals surface area contributed by atoms with E-state index in [4.69, 9.17) is 46.4 Å². The Hall–Kier alpha value is -1.80. The molecule has 0 aliphatic heterocycles. The molecule has 402 valence electrons. The fraction of sp³-hybridized carbons (Fsp3) is 0.826. The van der Waals surface area contributed by atoms with E-state index < -0.39 is 62.3 Å². The van der Waals surface area contributed by atoms with E-state index in [9.17, 15) is 14.4 Å². The van der Waals surface area contributed by atoms with Crippen LogP contribution in [-0.2, 0) is 54.5 Å². The van der Waals surface area contributed by atoms with E-state index in [1.807, 2.05) is 0 Å². The van der Waals surface area contributed by atoms with Crippen molar-refractivity contribution in [3.8, 4) is 6.26 Å². The number of nitrogens with two attached hydrogens (primary N) is 1. The number of nitrogens with one attached hydrogen (secondary N) is 1. The third-order valence-electron chi connectivity index (χ3n) is 8.50. The maximum absolute atomic E-state index is 12.3. The number of amides is 1. The molecule has 67 heavy (non-hydrogen) atoms. The summed E-state index contributed by atoms with van der Waals surface area (Å²) in [5.41, 5.74) is 6.33. The summed E-state index contributed by atoms with van der Waals surface area (Å²) in [5, 5.41) is 10.9. The summed E-state index contributed by atoms with van der Waals surface area (Å²) in [5.74, 6) is -0.885. The van der Waals surface area contributed by atoms with Gasteiger partial charge in [0.2, 0.25) is 5.91 Å². The number of hydrogen-bond donors (Lipinski definition) is 2. The van der Waals surface area contributed by atoms with Crippen LogP contribution in [0.25, 0.3) is 0 Å². The number of hydrogen-bond acceptors (Lipinski definition) is 14. The lowest BCUT2D eigenvalue weighted by Gasteiger charge is -2.38. The van der Waals surface area contributed by atoms with Gasteiger partial charge < -0.3 is 51.2 Å². The molecule has 0 radical (unpaired) electrons. The molecule has 0 aliphatic carbocycles. The first kappa shape index (κ1) is 79.3. The van der Waals surface area contributed by atoms with Gasteiger partial charge in [0.25, 0.3) is 6.26 Å². The van der Waals surface area contributed by atoms with Gasteiger partial charge in [-0.15, -0.1) is 0 Å². The molecule has 1 amide bonds. The Kier molecular flexibility index (Phi) is 49.7. The third kappa shape index (κ3) is 51.9. The predicted molar refractivity (Wildman–Crippen MR) is 297 cm³/mol. The number of carbonyl (C=O) groups is 3. The first-order chi connectivity index (χ1) is 28.9. The zero-order valence-electron chi connectivity index (χ0n) is 42.6. The summed E-state index contributed by atoms with van der Waals surface area (Å²) in [7, 11) is -11.4. The second kappa shape index (κ2) is 41.9. The van der Waals surface area contributed by atoms with E-state index in [0.717, 1.165) is 25.1 Å². The van der Waals surface area contributed by atoms with Gasteiger partial charge in [-0.1, -0.05) is 82.4 Å². The van der Waals surface area contributed by atoms with Gasteiger partial charge >= 0.3 is 29.1 Å². The van der Waals surface area contributed by atoms with Gasteiger partial charge in [0.1, 0.15) is 19.8 Å². The molecule has 0 spiro atoms. The van der Waals surface area contributed by atoms with Gasteiger partial charge in [0.15, 0.2) is 33.3 Å². The Bertz CT molecular complexity index is 1340. The van der Waals surface area contributed by atoms with Crippen molar-refractivity contribution < 1.29 is 54.5 Å². The molecular weight excluding hydrogens is 955 g/mol. The number of esters is 2. The Morgan fingerprint density at radius 1 is 0.552 bits per heavy atom. The van der Waals surface area contributed by atoms with Gasteiger partial charge in [0.05, 0.1) is 26.4 Å². The first-order valence-corrected chi connectivity index (χ1v) is 40.6. The number of carbonyl (C=O) groups excluding carboxylic acids is 3. The minimum atomic E-state index is -2.29. The van der Waals surface area contributed by atoms with Crippen molar-refractivity contribution in [3.05, 3.63) is 24.3 Å². The summed E-state index contributed by atoms with van der Waals surface area (Å²) in [6.45, 7) is 44.0. The van der Waals surface area contributed by atoms with Crippen LogP contribution in [0.2, 0.25) is 103 Å². The molecule has 0 aromatic rings. The highest BCUT2D eigenvalue weighted by molar-refractivity contribution is 6.89. The van der Waals surface area contributed by atoms with Crippen LogP contribution >= 0.6 is 0 Å². The molecule has 0 aliphatic rings. The fourth-order valence-corrected chi connectivity index (χ4v) is 34.6. The Morgan fingerprint density at radius 2 is 0.896 bits per heavy atom. The zero-order valence-corrected chi connectivity index (χ0v) is 48.6. The Morgan fingerprint density at radius 3 is 1.24 bits per heavy atom. The second-order valence-electron chi connectivity index (χ2n) is 18.9. The fourth-order valence-electron chi connectivity index (χ4n) is 6.32. The quantitative estimate of drug-likeness (QED) is 0.0207. The van der Waals surface area contributed by atoms with Crippen LogP contribution < -0.4 is 11.1 Å². The molecule has 0 unspecified atom stereocenters. The highest BCUT2D eigenvalue weighted by Crippen LogP contribution is 2.27. The van der Waals surface area contributed by atoms with Crippen molar-refractivity contribution in [3.63, 3.8) is 0 Å². The summed E-state index contributed by atoms with van der Waals surface area (Å²) in [4.78, 5) is 34.4. The number of ether oxygens (including phenoxy) is 5. The van der Waals surface area contributed by atoms with Crippen molar-refractivity contribution in [2.24, 2.45) is 5.73 Å². The molecule has 0 heterocycles. The molecule has 21 heteroatoms. The molecule has 0 rings (SSSR count). The molecule has 15 nitrogen and oxygen atoms in total. The van der Waals surface area contributed by atoms with Crippen LogP contribution in [0.15, 0.2) is 24.3 Å². The molecule has 0 aromatic carbocycles. The summed E-state index contributed by atoms with van der Waals surface area (Å²) >= 11 is 0. The van der Waals surface area contributed by atoms with Gasteiger partial charge in [-0.05, 0) is 124 Å². The van der Waals surface area contributed by atoms with Gasteiger partial charge in [-0.25, -0.2) is 9.59 Å². The third-order valence-corrected chi connectivity index (χ3v) is 31.1. The maximum atomic E-state index is 12.3. The first-order valence-electron chi connectivity index (χ1n) is 22.5. The predicted octanol–water partition coefficient (Wildman–Crippen LogP) is 11.6. The number of nitriles is 1. The highest BCUT2D eigenvalue weighted by Gasteiger charge is 2.41. The second-order valence-corrected chi connectivity index (χ2v) is 43.7. The van der Waals surface area contributed by atoms with Crippen molar-refractivity contribution in [2.45, 2.75) is 192 Å². The van der Waals surface area contributed by atoms with Crippen LogP contribution in [0.5, 0.6) is 0 Å². The SMILES string of the molecule is C.C.C.C.C=C(C)C(=O)OCCOCCNC(=O)C[Si](C)(C)O[Si](C)(C)O[Si](C)(C)CCCC.C=C(C)C(=O)OCCOCCOC#N.CCCC[Si](C)(C)O[Si](C)(C)O[Si](C)(C)CCCN. The summed E-state index contributed by atoms with van der Waals surface area (Å²) in [6.07, 6.45) is 7.47. The smallest absolute Gasteiger partial charge is 0.333 e. The van der Waals surface area contributed by atoms with Gasteiger partial charge in [-0.2, -0.15) is 5.26 Å². The number of unbranched alkanes of at least 4 members (excludes halogenated alkanes) is 2. The molecule has 3 N–H and O–H groups in total. The maximum Gasteiger partial charge on any atom is 0.333 e. The van der Waals surface area contributed by atoms with Gasteiger partial charge in [0, 0.05) is 23.7 Å². The monoisotopic (exact) mass is 1060 g/mol. The largest absolute Gasteiger partial charge is 0.460 e. The minimum Gasteiger partial charge on any atom is -0.460 e. The summed E-state index contributed by atoms with van der Waals surface area (Å²) in [6, 6.07) is 3.91. The lowest BCUT2D eigenvalue weighted by atomic mass is 10.4. The summed E-state index contributed by atoms with van der Waals surface area (Å²) < 4.78 is 50.3. The Balaban J connectivity index is -0.000000168. The molecular formula is C46H107N3O12Si6. The molecule has 0 saturated heterocycles. The average Bonchev–Trinajstić information content (AvgIpc) is 3.12. The lowest BCUT2D eigenvalue weighted by molar-refractivity contribution is -0.141. The van der Waals surface area contributed by atoms with Crippen molar-refractivity contribution in [1.82, 2.24) is 5.32 Å². The zero-order chi connectivity index (χ0) is 49.4. The van der Waals surface area contributed by atoms with Gasteiger partial charge in [-0.3, -0.25) is 4.79 Å². The Labute approximate surface area is 419 Å². The molecule has 0 bridgehead atoms. The van der Waals surface area contributed by atoms with Crippen LogP contribution in [0.4, 0.5) is 0 Å². The van der Waals surface area contributed by atoms with E-state index in [1.54, 1.807) is 13.8 Å². The normalized spacial score (nSPS) is 11.4. The standard InChI is InChI=1S/C20H43NO6Si3.C13H35NO2Si3.C9H13NO4.4CH4/c1-10-11-16-28(4,5)26-30(8,9)27-29(6,7)17-19(22)21-12-13-24-14-15-25-20(23)18(2)3;1-8-9-12-17(2,3)15-19(6,7)16-18(4,5)13-10-11-14;1-8(2)9(11)14-6-5-12-3-4-13-7-10;;;;/h2,10-17H2,1,3-9H3,(H,21,22);8-14H2,1-7H3;1,3-6H2,2H3;4*1H4. The molecule has 0 aromatic heterocycles. The van der Waals surface area contributed by atoms with Crippen LogP contribution in [0.3, 0.4) is 0 Å². The average molecular weight is 1060 g/mol. The number of nitrogens with zero attached hydrogens (tertiary/aromatic N) is 1. The minimum absolute atomic E-state index is 0. The highest BCUT2D eigenvalue weighted by atomic mass is 28.5. The molecule has 0 atom stereocenters. The van der Waals surface area contributed by atoms with E-state index in [0.29, 0.717) is 36.9 Å². The topological polar surface area (TPSA) is 196 Å². The van der Waals surface area contributed by atoms with Crippen LogP contribution in [0.1, 0.15) is 89.5 Å². The van der Waals surface area contributed by atoms with E-state index in [1.165, 1.54) is 38.0 Å². The van der Waals surface area contributed by atoms with E-state index in [2.05, 4.69) is 116 Å². The van der Waals surface area contributed by atoms with Crippen LogP contribution in [-0.4, -0.2) is 128 Å². The van der Waals surface area contributed by atoms with Crippen molar-refractivity contribution in [1.29, 1.82) is 5.26 Å². The van der Waals surface area contributed by atoms with Crippen molar-refractivity contribution in [2.75, 3.05) is 59.3 Å². The number of rotatable bonds is 33. The van der Waals surface area contributed by atoms with E-state index >= 15 is 0 Å². The molecule has 0 saturated carbocycles. The van der Waals surface area contributed by atoms with Crippen LogP contribution in [0, 0.1) is 11.5 Å². The molecule has 0 fully saturated rings. The lowest BCUT2D eigenvalue weighted by Crippen LogP contribution is -2.53. The van der Waals surface area contributed by atoms with Crippen molar-refractivity contribution >= 4 is 68.2 Å². The van der Waals surface area contributed by atoms with E-state index in [-0.39, 0.29) is 68.6 Å².